The van der Waals surface area contributed by atoms with Crippen LogP contribution in [-0.4, -0.2) is 20.2 Å². The maximum Gasteiger partial charge on any atom is 0.160 e. The Morgan fingerprint density at radius 1 is 1.15 bits per heavy atom. The zero-order valence-electron chi connectivity index (χ0n) is 11.0. The molecule has 0 amide bonds. The normalized spacial score (nSPS) is 18.1. The summed E-state index contributed by atoms with van der Waals surface area (Å²) in [5, 5.41) is 8.30. The molecule has 0 saturated carbocycles. The van der Waals surface area contributed by atoms with Crippen molar-refractivity contribution in [3.8, 4) is 0 Å². The molecule has 0 spiro atoms. The first kappa shape index (κ1) is 11.4. The first-order valence-corrected chi connectivity index (χ1v) is 6.84. The molecule has 3 N–H and O–H groups in total. The van der Waals surface area contributed by atoms with E-state index in [-0.39, 0.29) is 0 Å². The van der Waals surface area contributed by atoms with Crippen molar-refractivity contribution in [2.45, 2.75) is 25.2 Å². The summed E-state index contributed by atoms with van der Waals surface area (Å²) in [5.41, 5.74) is 10.6. The summed E-state index contributed by atoms with van der Waals surface area (Å²) >= 11 is 0. The summed E-state index contributed by atoms with van der Waals surface area (Å²) < 4.78 is 0. The minimum atomic E-state index is 0.381. The van der Waals surface area contributed by atoms with Gasteiger partial charge in [0.15, 0.2) is 5.65 Å². The topological polar surface area (TPSA) is 80.5 Å². The average molecular weight is 265 g/mol. The Hall–Kier alpha value is -2.43. The van der Waals surface area contributed by atoms with E-state index >= 15 is 0 Å². The largest absolute Gasteiger partial charge is 0.383 e. The van der Waals surface area contributed by atoms with E-state index in [1.807, 2.05) is 0 Å². The van der Waals surface area contributed by atoms with Crippen molar-refractivity contribution < 1.29 is 0 Å². The number of aryl methyl sites for hydroxylation is 1. The maximum atomic E-state index is 5.99. The van der Waals surface area contributed by atoms with Crippen LogP contribution in [0.25, 0.3) is 11.0 Å². The molecule has 2 aromatic heterocycles. The lowest BCUT2D eigenvalue weighted by atomic mass is 9.81. The number of nitrogens with one attached hydrogen (secondary N) is 1. The van der Waals surface area contributed by atoms with Gasteiger partial charge in [0.1, 0.15) is 12.1 Å². The van der Waals surface area contributed by atoms with Crippen LogP contribution in [0.3, 0.4) is 0 Å². The second-order valence-electron chi connectivity index (χ2n) is 5.30. The molecule has 0 fully saturated rings. The molecular weight excluding hydrogens is 250 g/mol. The van der Waals surface area contributed by atoms with Gasteiger partial charge in [0.05, 0.1) is 11.1 Å². The molecule has 20 heavy (non-hydrogen) atoms. The van der Waals surface area contributed by atoms with E-state index in [0.29, 0.717) is 11.7 Å². The highest BCUT2D eigenvalue weighted by atomic mass is 15.2. The van der Waals surface area contributed by atoms with Gasteiger partial charge in [-0.1, -0.05) is 24.3 Å². The highest BCUT2D eigenvalue weighted by Gasteiger charge is 2.25. The van der Waals surface area contributed by atoms with Crippen LogP contribution in [-0.2, 0) is 12.8 Å². The van der Waals surface area contributed by atoms with Gasteiger partial charge in [0.2, 0.25) is 0 Å². The second kappa shape index (κ2) is 4.30. The SMILES string of the molecule is Nc1ncnc2[nH]nc(C3CCc4ccccc4C3)c12. The Kier molecular flexibility index (Phi) is 2.45. The van der Waals surface area contributed by atoms with Crippen LogP contribution in [0.1, 0.15) is 29.2 Å². The standard InChI is InChI=1S/C15H15N5/c16-14-12-13(19-20-15(12)18-8-17-14)11-6-5-9-3-1-2-4-10(9)7-11/h1-4,8,11H,5-7H2,(H3,16,17,18,19,20). The highest BCUT2D eigenvalue weighted by Crippen LogP contribution is 2.35. The van der Waals surface area contributed by atoms with Gasteiger partial charge in [-0.25, -0.2) is 9.97 Å². The van der Waals surface area contributed by atoms with Gasteiger partial charge in [0.25, 0.3) is 0 Å². The number of anilines is 1. The number of hydrogen-bond acceptors (Lipinski definition) is 4. The average Bonchev–Trinajstić information content (AvgIpc) is 2.92. The molecule has 1 aliphatic rings. The first-order chi connectivity index (χ1) is 9.83. The number of rotatable bonds is 1. The number of benzene rings is 1. The van der Waals surface area contributed by atoms with Crippen molar-refractivity contribution >= 4 is 16.9 Å². The molecule has 2 heterocycles. The van der Waals surface area contributed by atoms with Crippen molar-refractivity contribution in [2.75, 3.05) is 5.73 Å². The monoisotopic (exact) mass is 265 g/mol. The van der Waals surface area contributed by atoms with E-state index in [9.17, 15) is 0 Å². The Balaban J connectivity index is 1.78. The highest BCUT2D eigenvalue weighted by molar-refractivity contribution is 5.88. The van der Waals surface area contributed by atoms with Gasteiger partial charge < -0.3 is 5.73 Å². The smallest absolute Gasteiger partial charge is 0.160 e. The van der Waals surface area contributed by atoms with Crippen molar-refractivity contribution in [1.29, 1.82) is 0 Å². The van der Waals surface area contributed by atoms with Gasteiger partial charge >= 0.3 is 0 Å². The molecule has 3 aromatic rings. The number of aromatic amines is 1. The number of H-pyrrole nitrogens is 1. The lowest BCUT2D eigenvalue weighted by molar-refractivity contribution is 0.573. The number of fused-ring (bicyclic) bond motifs is 2. The fourth-order valence-corrected chi connectivity index (χ4v) is 3.13. The Labute approximate surface area is 116 Å². The van der Waals surface area contributed by atoms with Crippen molar-refractivity contribution in [3.05, 3.63) is 47.4 Å². The summed E-state index contributed by atoms with van der Waals surface area (Å²) in [4.78, 5) is 8.28. The Morgan fingerprint density at radius 3 is 2.90 bits per heavy atom. The lowest BCUT2D eigenvalue weighted by Gasteiger charge is -2.23. The molecular formula is C15H15N5. The second-order valence-corrected chi connectivity index (χ2v) is 5.30. The molecule has 4 rings (SSSR count). The molecule has 0 radical (unpaired) electrons. The molecule has 1 atom stereocenters. The molecule has 0 aliphatic heterocycles. The zero-order chi connectivity index (χ0) is 13.5. The third-order valence-corrected chi connectivity index (χ3v) is 4.15. The fourth-order valence-electron chi connectivity index (χ4n) is 3.13. The molecule has 5 nitrogen and oxygen atoms in total. The summed E-state index contributed by atoms with van der Waals surface area (Å²) in [5.74, 6) is 0.893. The fraction of sp³-hybridized carbons (Fsp3) is 0.267. The number of nitrogens with zero attached hydrogens (tertiary/aromatic N) is 3. The van der Waals surface area contributed by atoms with Crippen LogP contribution in [0.5, 0.6) is 0 Å². The molecule has 1 aromatic carbocycles. The lowest BCUT2D eigenvalue weighted by Crippen LogP contribution is -2.13. The van der Waals surface area contributed by atoms with Gasteiger partial charge in [0, 0.05) is 5.92 Å². The molecule has 100 valence electrons. The van der Waals surface area contributed by atoms with Crippen LogP contribution in [0.15, 0.2) is 30.6 Å². The molecule has 5 heteroatoms. The predicted octanol–water partition coefficient (Wildman–Crippen LogP) is 2.21. The third kappa shape index (κ3) is 1.66. The van der Waals surface area contributed by atoms with Crippen LogP contribution in [0, 0.1) is 0 Å². The minimum Gasteiger partial charge on any atom is -0.383 e. The van der Waals surface area contributed by atoms with E-state index in [4.69, 9.17) is 5.73 Å². The summed E-state index contributed by atoms with van der Waals surface area (Å²) in [7, 11) is 0. The van der Waals surface area contributed by atoms with Gasteiger partial charge in [-0.2, -0.15) is 5.10 Å². The zero-order valence-corrected chi connectivity index (χ0v) is 11.0. The molecule has 0 bridgehead atoms. The molecule has 1 aliphatic carbocycles. The number of aromatic nitrogens is 4. The summed E-state index contributed by atoms with van der Waals surface area (Å²) in [6.45, 7) is 0. The minimum absolute atomic E-state index is 0.381. The van der Waals surface area contributed by atoms with Gasteiger partial charge in [-0.05, 0) is 30.4 Å². The van der Waals surface area contributed by atoms with E-state index in [2.05, 4.69) is 44.4 Å². The predicted molar refractivity (Wildman–Crippen MR) is 77.3 cm³/mol. The van der Waals surface area contributed by atoms with Crippen LogP contribution in [0.4, 0.5) is 5.82 Å². The first-order valence-electron chi connectivity index (χ1n) is 6.84. The van der Waals surface area contributed by atoms with Gasteiger partial charge in [-0.15, -0.1) is 0 Å². The van der Waals surface area contributed by atoms with E-state index < -0.39 is 0 Å². The number of nitrogens with two attached hydrogens (primary N) is 1. The molecule has 1 unspecified atom stereocenters. The summed E-state index contributed by atoms with van der Waals surface area (Å²) in [6.07, 6.45) is 4.65. The number of hydrogen-bond donors (Lipinski definition) is 2. The number of nitrogen functional groups attached to an aromatic ring is 1. The van der Waals surface area contributed by atoms with Crippen molar-refractivity contribution in [3.63, 3.8) is 0 Å². The quantitative estimate of drug-likeness (QED) is 0.707. The molecule has 0 saturated heterocycles. The van der Waals surface area contributed by atoms with Crippen molar-refractivity contribution in [2.24, 2.45) is 0 Å². The Morgan fingerprint density at radius 2 is 2.00 bits per heavy atom. The van der Waals surface area contributed by atoms with Crippen molar-refractivity contribution in [1.82, 2.24) is 20.2 Å². The van der Waals surface area contributed by atoms with E-state index in [1.54, 1.807) is 0 Å². The maximum absolute atomic E-state index is 5.99. The van der Waals surface area contributed by atoms with E-state index in [1.165, 1.54) is 17.5 Å². The van der Waals surface area contributed by atoms with Crippen LogP contribution in [0.2, 0.25) is 0 Å². The third-order valence-electron chi connectivity index (χ3n) is 4.15. The van der Waals surface area contributed by atoms with Crippen LogP contribution < -0.4 is 5.73 Å². The summed E-state index contributed by atoms with van der Waals surface area (Å²) in [6, 6.07) is 8.62. The van der Waals surface area contributed by atoms with E-state index in [0.717, 1.165) is 36.0 Å². The van der Waals surface area contributed by atoms with Gasteiger partial charge in [-0.3, -0.25) is 5.10 Å². The Bertz CT molecular complexity index is 777. The van der Waals surface area contributed by atoms with Crippen LogP contribution >= 0.6 is 0 Å².